The Morgan fingerprint density at radius 2 is 1.62 bits per heavy atom. The highest BCUT2D eigenvalue weighted by molar-refractivity contribution is 5.94. The Morgan fingerprint density at radius 3 is 2.24 bits per heavy atom. The second-order valence-electron chi connectivity index (χ2n) is 6.56. The lowest BCUT2D eigenvalue weighted by molar-refractivity contribution is 0.0951. The van der Waals surface area contributed by atoms with Gasteiger partial charge < -0.3 is 10.6 Å². The average molecular weight is 286 g/mol. The Kier molecular flexibility index (Phi) is 4.79. The van der Waals surface area contributed by atoms with Crippen molar-refractivity contribution in [3.05, 3.63) is 29.8 Å². The van der Waals surface area contributed by atoms with Crippen molar-refractivity contribution in [2.24, 2.45) is 5.92 Å². The first kappa shape index (κ1) is 14.4. The molecule has 0 aliphatic heterocycles. The van der Waals surface area contributed by atoms with E-state index in [4.69, 9.17) is 0 Å². The number of anilines is 1. The molecule has 0 spiro atoms. The van der Waals surface area contributed by atoms with Crippen LogP contribution in [0.25, 0.3) is 0 Å². The number of amides is 1. The largest absolute Gasteiger partial charge is 0.385 e. The van der Waals surface area contributed by atoms with Crippen LogP contribution in [0.4, 0.5) is 5.69 Å². The molecule has 0 atom stereocenters. The van der Waals surface area contributed by atoms with Gasteiger partial charge in [0.15, 0.2) is 0 Å². The SMILES string of the molecule is O=C(NC1CC1)c1ccc(NCC2CCCCCC2)cc1. The lowest BCUT2D eigenvalue weighted by Gasteiger charge is -2.16. The highest BCUT2D eigenvalue weighted by Crippen LogP contribution is 2.23. The van der Waals surface area contributed by atoms with Crippen molar-refractivity contribution >= 4 is 11.6 Å². The number of hydrogen-bond donors (Lipinski definition) is 2. The molecule has 2 aliphatic carbocycles. The molecule has 2 N–H and O–H groups in total. The summed E-state index contributed by atoms with van der Waals surface area (Å²) in [6.07, 6.45) is 10.5. The third-order valence-electron chi connectivity index (χ3n) is 4.63. The van der Waals surface area contributed by atoms with Crippen LogP contribution in [0.15, 0.2) is 24.3 Å². The smallest absolute Gasteiger partial charge is 0.251 e. The van der Waals surface area contributed by atoms with Crippen molar-refractivity contribution in [1.29, 1.82) is 0 Å². The summed E-state index contributed by atoms with van der Waals surface area (Å²) >= 11 is 0. The fraction of sp³-hybridized carbons (Fsp3) is 0.611. The van der Waals surface area contributed by atoms with Crippen LogP contribution in [0, 0.1) is 5.92 Å². The van der Waals surface area contributed by atoms with E-state index < -0.39 is 0 Å². The van der Waals surface area contributed by atoms with Crippen LogP contribution in [0.3, 0.4) is 0 Å². The van der Waals surface area contributed by atoms with E-state index in [1.54, 1.807) is 0 Å². The fourth-order valence-corrected chi connectivity index (χ4v) is 3.07. The zero-order valence-electron chi connectivity index (χ0n) is 12.7. The molecule has 3 nitrogen and oxygen atoms in total. The molecule has 2 saturated carbocycles. The van der Waals surface area contributed by atoms with Gasteiger partial charge in [-0.3, -0.25) is 4.79 Å². The van der Waals surface area contributed by atoms with E-state index in [0.29, 0.717) is 6.04 Å². The Balaban J connectivity index is 1.48. The Labute approximate surface area is 127 Å². The van der Waals surface area contributed by atoms with Crippen molar-refractivity contribution in [1.82, 2.24) is 5.32 Å². The molecular weight excluding hydrogens is 260 g/mol. The van der Waals surface area contributed by atoms with Crippen LogP contribution >= 0.6 is 0 Å². The van der Waals surface area contributed by atoms with Crippen molar-refractivity contribution in [2.75, 3.05) is 11.9 Å². The Hall–Kier alpha value is -1.51. The molecule has 3 rings (SSSR count). The first-order chi connectivity index (χ1) is 10.3. The minimum absolute atomic E-state index is 0.0628. The van der Waals surface area contributed by atoms with Crippen molar-refractivity contribution < 1.29 is 4.79 Å². The van der Waals surface area contributed by atoms with Gasteiger partial charge in [-0.2, -0.15) is 0 Å². The molecule has 21 heavy (non-hydrogen) atoms. The number of benzene rings is 1. The standard InChI is InChI=1S/C18H26N2O/c21-18(20-17-11-12-17)15-7-9-16(10-8-15)19-13-14-5-3-1-2-4-6-14/h7-10,14,17,19H,1-6,11-13H2,(H,20,21). The van der Waals surface area contributed by atoms with Gasteiger partial charge in [0.05, 0.1) is 0 Å². The normalized spacial score (nSPS) is 19.8. The summed E-state index contributed by atoms with van der Waals surface area (Å²) in [7, 11) is 0. The molecule has 0 aromatic heterocycles. The summed E-state index contributed by atoms with van der Waals surface area (Å²) in [6, 6.07) is 8.32. The van der Waals surface area contributed by atoms with Gasteiger partial charge in [0.25, 0.3) is 5.91 Å². The van der Waals surface area contributed by atoms with Gasteiger partial charge in [-0.15, -0.1) is 0 Å². The highest BCUT2D eigenvalue weighted by atomic mass is 16.1. The molecule has 3 heteroatoms. The summed E-state index contributed by atoms with van der Waals surface area (Å²) in [5.41, 5.74) is 1.89. The summed E-state index contributed by atoms with van der Waals surface area (Å²) in [5.74, 6) is 0.873. The molecular formula is C18H26N2O. The van der Waals surface area contributed by atoms with E-state index >= 15 is 0 Å². The molecule has 2 fully saturated rings. The number of rotatable bonds is 5. The quantitative estimate of drug-likeness (QED) is 0.804. The van der Waals surface area contributed by atoms with Gasteiger partial charge in [-0.05, 0) is 55.9 Å². The first-order valence-corrected chi connectivity index (χ1v) is 8.46. The predicted molar refractivity (Wildman–Crippen MR) is 86.6 cm³/mol. The van der Waals surface area contributed by atoms with Crippen LogP contribution in [0.1, 0.15) is 61.7 Å². The third kappa shape index (κ3) is 4.48. The Bertz CT molecular complexity index is 457. The summed E-state index contributed by atoms with van der Waals surface area (Å²) in [6.45, 7) is 1.06. The molecule has 0 radical (unpaired) electrons. The van der Waals surface area contributed by atoms with E-state index in [0.717, 1.165) is 36.6 Å². The van der Waals surface area contributed by atoms with Gasteiger partial charge in [0, 0.05) is 23.8 Å². The third-order valence-corrected chi connectivity index (χ3v) is 4.63. The van der Waals surface area contributed by atoms with E-state index in [1.165, 1.54) is 38.5 Å². The van der Waals surface area contributed by atoms with E-state index in [1.807, 2.05) is 24.3 Å². The van der Waals surface area contributed by atoms with Crippen molar-refractivity contribution in [3.8, 4) is 0 Å². The fourth-order valence-electron chi connectivity index (χ4n) is 3.07. The van der Waals surface area contributed by atoms with E-state index in [-0.39, 0.29) is 5.91 Å². The van der Waals surface area contributed by atoms with Gasteiger partial charge in [-0.1, -0.05) is 25.7 Å². The minimum atomic E-state index is 0.0628. The summed E-state index contributed by atoms with van der Waals surface area (Å²) < 4.78 is 0. The molecule has 0 saturated heterocycles. The number of carbonyl (C=O) groups excluding carboxylic acids is 1. The molecule has 2 aliphatic rings. The predicted octanol–water partition coefficient (Wildman–Crippen LogP) is 3.96. The number of hydrogen-bond acceptors (Lipinski definition) is 2. The maximum absolute atomic E-state index is 11.9. The molecule has 1 aromatic carbocycles. The minimum Gasteiger partial charge on any atom is -0.385 e. The van der Waals surface area contributed by atoms with Crippen molar-refractivity contribution in [2.45, 2.75) is 57.4 Å². The number of carbonyl (C=O) groups is 1. The molecule has 1 aromatic rings. The van der Waals surface area contributed by atoms with E-state index in [9.17, 15) is 4.79 Å². The highest BCUT2D eigenvalue weighted by Gasteiger charge is 2.23. The Morgan fingerprint density at radius 1 is 0.952 bits per heavy atom. The molecule has 0 unspecified atom stereocenters. The van der Waals surface area contributed by atoms with Gasteiger partial charge in [-0.25, -0.2) is 0 Å². The average Bonchev–Trinajstić information content (AvgIpc) is 3.33. The zero-order valence-corrected chi connectivity index (χ0v) is 12.7. The molecule has 0 bridgehead atoms. The second-order valence-corrected chi connectivity index (χ2v) is 6.56. The van der Waals surface area contributed by atoms with Gasteiger partial charge in [0.2, 0.25) is 0 Å². The second kappa shape index (κ2) is 6.97. The molecule has 114 valence electrons. The van der Waals surface area contributed by atoms with Crippen LogP contribution in [-0.4, -0.2) is 18.5 Å². The topological polar surface area (TPSA) is 41.1 Å². The van der Waals surface area contributed by atoms with Crippen molar-refractivity contribution in [3.63, 3.8) is 0 Å². The first-order valence-electron chi connectivity index (χ1n) is 8.46. The van der Waals surface area contributed by atoms with Crippen LogP contribution in [0.2, 0.25) is 0 Å². The van der Waals surface area contributed by atoms with E-state index in [2.05, 4.69) is 10.6 Å². The summed E-state index contributed by atoms with van der Waals surface area (Å²) in [4.78, 5) is 11.9. The van der Waals surface area contributed by atoms with Gasteiger partial charge in [0.1, 0.15) is 0 Å². The summed E-state index contributed by atoms with van der Waals surface area (Å²) in [5, 5.41) is 6.55. The monoisotopic (exact) mass is 286 g/mol. The van der Waals surface area contributed by atoms with Crippen LogP contribution in [-0.2, 0) is 0 Å². The molecule has 1 amide bonds. The van der Waals surface area contributed by atoms with Crippen LogP contribution in [0.5, 0.6) is 0 Å². The molecule has 0 heterocycles. The van der Waals surface area contributed by atoms with Gasteiger partial charge >= 0.3 is 0 Å². The number of nitrogens with one attached hydrogen (secondary N) is 2. The lowest BCUT2D eigenvalue weighted by atomic mass is 10.0. The van der Waals surface area contributed by atoms with Crippen LogP contribution < -0.4 is 10.6 Å². The maximum atomic E-state index is 11.9. The maximum Gasteiger partial charge on any atom is 0.251 e. The zero-order chi connectivity index (χ0) is 14.5. The lowest BCUT2D eigenvalue weighted by Crippen LogP contribution is -2.25.